The third-order valence-corrected chi connectivity index (χ3v) is 4.25. The maximum atomic E-state index is 13.7. The van der Waals surface area contributed by atoms with E-state index >= 15 is 0 Å². The van der Waals surface area contributed by atoms with E-state index in [1.165, 1.54) is 6.07 Å². The van der Waals surface area contributed by atoms with Crippen LogP contribution < -0.4 is 10.6 Å². The zero-order valence-electron chi connectivity index (χ0n) is 15.4. The van der Waals surface area contributed by atoms with Crippen LogP contribution in [-0.2, 0) is 11.2 Å². The molecule has 0 saturated carbocycles. The fourth-order valence-corrected chi connectivity index (χ4v) is 2.76. The summed E-state index contributed by atoms with van der Waals surface area (Å²) in [6.45, 7) is 9.44. The van der Waals surface area contributed by atoms with E-state index in [9.17, 15) is 8.78 Å². The number of aliphatic imine (C=N–C) groups is 1. The number of hydrogen-bond acceptors (Lipinski definition) is 3. The maximum Gasteiger partial charge on any atom is 0.191 e. The average Bonchev–Trinajstić information content (AvgIpc) is 2.63. The molecule has 1 saturated heterocycles. The zero-order valence-corrected chi connectivity index (χ0v) is 17.8. The van der Waals surface area contributed by atoms with E-state index in [-0.39, 0.29) is 24.0 Å². The van der Waals surface area contributed by atoms with Gasteiger partial charge in [-0.25, -0.2) is 8.78 Å². The predicted octanol–water partition coefficient (Wildman–Crippen LogP) is 2.40. The van der Waals surface area contributed by atoms with E-state index in [1.807, 2.05) is 6.92 Å². The molecule has 0 aliphatic carbocycles. The van der Waals surface area contributed by atoms with Crippen molar-refractivity contribution in [3.05, 3.63) is 35.4 Å². The quantitative estimate of drug-likeness (QED) is 0.356. The second kappa shape index (κ2) is 12.4. The first kappa shape index (κ1) is 23.0. The molecule has 0 spiro atoms. The molecule has 1 aromatic carbocycles. The summed E-state index contributed by atoms with van der Waals surface area (Å²) in [6.07, 6.45) is 0.396. The number of hydrogen-bond donors (Lipinski definition) is 2. The van der Waals surface area contributed by atoms with Gasteiger partial charge < -0.3 is 15.4 Å². The zero-order chi connectivity index (χ0) is 18.1. The van der Waals surface area contributed by atoms with E-state index in [4.69, 9.17) is 4.74 Å². The van der Waals surface area contributed by atoms with Crippen molar-refractivity contribution < 1.29 is 13.5 Å². The molecule has 0 bridgehead atoms. The van der Waals surface area contributed by atoms with Crippen LogP contribution in [0.5, 0.6) is 0 Å². The summed E-state index contributed by atoms with van der Waals surface area (Å²) >= 11 is 0. The first-order chi connectivity index (χ1) is 12.1. The number of ether oxygens (including phenoxy) is 1. The van der Waals surface area contributed by atoms with Crippen LogP contribution in [0, 0.1) is 11.6 Å². The molecule has 5 nitrogen and oxygen atoms in total. The second-order valence-corrected chi connectivity index (χ2v) is 6.11. The van der Waals surface area contributed by atoms with Crippen molar-refractivity contribution in [2.45, 2.75) is 26.3 Å². The molecule has 0 radical (unpaired) electrons. The van der Waals surface area contributed by atoms with Crippen molar-refractivity contribution in [2.24, 2.45) is 4.99 Å². The largest absolute Gasteiger partial charge is 0.379 e. The minimum absolute atomic E-state index is 0. The van der Waals surface area contributed by atoms with Gasteiger partial charge >= 0.3 is 0 Å². The predicted molar refractivity (Wildman–Crippen MR) is 111 cm³/mol. The number of nitrogens with one attached hydrogen (secondary N) is 2. The first-order valence-electron chi connectivity index (χ1n) is 8.88. The van der Waals surface area contributed by atoms with E-state index in [2.05, 4.69) is 27.4 Å². The van der Waals surface area contributed by atoms with Gasteiger partial charge in [-0.1, -0.05) is 12.1 Å². The summed E-state index contributed by atoms with van der Waals surface area (Å²) in [6, 6.07) is 4.59. The normalized spacial score (nSPS) is 16.7. The fourth-order valence-electron chi connectivity index (χ4n) is 2.76. The van der Waals surface area contributed by atoms with Crippen molar-refractivity contribution in [1.29, 1.82) is 0 Å². The third-order valence-electron chi connectivity index (χ3n) is 4.25. The Morgan fingerprint density at radius 3 is 2.69 bits per heavy atom. The second-order valence-electron chi connectivity index (χ2n) is 6.11. The van der Waals surface area contributed by atoms with Crippen molar-refractivity contribution in [3.63, 3.8) is 0 Å². The molecule has 1 atom stereocenters. The number of morpholine rings is 1. The number of halogens is 3. The molecule has 26 heavy (non-hydrogen) atoms. The Balaban J connectivity index is 0.00000338. The van der Waals surface area contributed by atoms with E-state index in [0.29, 0.717) is 37.1 Å². The van der Waals surface area contributed by atoms with Crippen LogP contribution >= 0.6 is 24.0 Å². The smallest absolute Gasteiger partial charge is 0.191 e. The van der Waals surface area contributed by atoms with Gasteiger partial charge in [-0.05, 0) is 31.9 Å². The van der Waals surface area contributed by atoms with Gasteiger partial charge in [-0.2, -0.15) is 0 Å². The molecule has 1 aromatic rings. The Bertz CT molecular complexity index is 568. The monoisotopic (exact) mass is 482 g/mol. The van der Waals surface area contributed by atoms with Crippen molar-refractivity contribution in [2.75, 3.05) is 45.9 Å². The van der Waals surface area contributed by atoms with Gasteiger partial charge in [0.2, 0.25) is 0 Å². The molecule has 1 aliphatic heterocycles. The number of benzene rings is 1. The van der Waals surface area contributed by atoms with Gasteiger partial charge in [0.15, 0.2) is 17.6 Å². The molecule has 1 aliphatic rings. The summed E-state index contributed by atoms with van der Waals surface area (Å²) in [5, 5.41) is 6.36. The van der Waals surface area contributed by atoms with E-state index in [1.54, 1.807) is 6.07 Å². The summed E-state index contributed by atoms with van der Waals surface area (Å²) in [4.78, 5) is 6.96. The summed E-state index contributed by atoms with van der Waals surface area (Å²) in [5.41, 5.74) is 0.366. The van der Waals surface area contributed by atoms with Crippen LogP contribution in [0.25, 0.3) is 0 Å². The number of rotatable bonds is 7. The topological polar surface area (TPSA) is 48.9 Å². The molecular formula is C18H29F2IN4O. The van der Waals surface area contributed by atoms with Gasteiger partial charge in [0.05, 0.1) is 19.8 Å². The summed E-state index contributed by atoms with van der Waals surface area (Å²) < 4.78 is 32.3. The molecule has 2 N–H and O–H groups in total. The fraction of sp³-hybridized carbons (Fsp3) is 0.611. The highest BCUT2D eigenvalue weighted by Crippen LogP contribution is 2.11. The highest BCUT2D eigenvalue weighted by Gasteiger charge is 2.16. The molecule has 1 heterocycles. The van der Waals surface area contributed by atoms with Crippen molar-refractivity contribution in [3.8, 4) is 0 Å². The molecule has 1 fully saturated rings. The lowest BCUT2D eigenvalue weighted by Gasteiger charge is -2.31. The lowest BCUT2D eigenvalue weighted by Crippen LogP contribution is -2.44. The highest BCUT2D eigenvalue weighted by atomic mass is 127. The Kier molecular flexibility index (Phi) is 11.0. The van der Waals surface area contributed by atoms with Gasteiger partial charge in [0, 0.05) is 32.2 Å². The lowest BCUT2D eigenvalue weighted by atomic mass is 10.1. The average molecular weight is 482 g/mol. The van der Waals surface area contributed by atoms with Crippen LogP contribution in [0.15, 0.2) is 23.2 Å². The Morgan fingerprint density at radius 2 is 2.00 bits per heavy atom. The molecular weight excluding hydrogens is 453 g/mol. The van der Waals surface area contributed by atoms with E-state index in [0.717, 1.165) is 38.9 Å². The number of nitrogens with zero attached hydrogens (tertiary/aromatic N) is 2. The van der Waals surface area contributed by atoms with Gasteiger partial charge in [0.25, 0.3) is 0 Å². The number of guanidine groups is 1. The Morgan fingerprint density at radius 1 is 1.27 bits per heavy atom. The SMILES string of the molecule is CCNC(=NCC(C)N1CCOCC1)NCCc1cccc(F)c1F.I. The van der Waals surface area contributed by atoms with E-state index < -0.39 is 11.6 Å². The van der Waals surface area contributed by atoms with Crippen LogP contribution in [0.2, 0.25) is 0 Å². The standard InChI is InChI=1S/C18H28F2N4O.HI/c1-3-21-18(23-13-14(2)24-9-11-25-12-10-24)22-8-7-15-5-4-6-16(19)17(15)20;/h4-6,14H,3,7-13H2,1-2H3,(H2,21,22,23);1H. The maximum absolute atomic E-state index is 13.7. The lowest BCUT2D eigenvalue weighted by molar-refractivity contribution is 0.0220. The van der Waals surface area contributed by atoms with Gasteiger partial charge in [-0.15, -0.1) is 24.0 Å². The van der Waals surface area contributed by atoms with Crippen molar-refractivity contribution in [1.82, 2.24) is 15.5 Å². The van der Waals surface area contributed by atoms with Crippen LogP contribution in [0.1, 0.15) is 19.4 Å². The molecule has 1 unspecified atom stereocenters. The van der Waals surface area contributed by atoms with Crippen LogP contribution in [0.4, 0.5) is 8.78 Å². The van der Waals surface area contributed by atoms with Crippen LogP contribution in [0.3, 0.4) is 0 Å². The first-order valence-corrected chi connectivity index (χ1v) is 8.88. The minimum Gasteiger partial charge on any atom is -0.379 e. The molecule has 0 aromatic heterocycles. The van der Waals surface area contributed by atoms with Gasteiger partial charge in [0.1, 0.15) is 0 Å². The summed E-state index contributed by atoms with van der Waals surface area (Å²) in [7, 11) is 0. The Hall–Kier alpha value is -1.00. The highest BCUT2D eigenvalue weighted by molar-refractivity contribution is 14.0. The molecule has 2 rings (SSSR count). The van der Waals surface area contributed by atoms with Crippen molar-refractivity contribution >= 4 is 29.9 Å². The van der Waals surface area contributed by atoms with Gasteiger partial charge in [-0.3, -0.25) is 9.89 Å². The van der Waals surface area contributed by atoms with Crippen LogP contribution in [-0.4, -0.2) is 62.8 Å². The third kappa shape index (κ3) is 7.32. The minimum atomic E-state index is -0.808. The molecule has 8 heteroatoms. The summed E-state index contributed by atoms with van der Waals surface area (Å²) in [5.74, 6) is -0.885. The molecule has 148 valence electrons. The Labute approximate surface area is 171 Å². The molecule has 0 amide bonds.